The lowest BCUT2D eigenvalue weighted by atomic mass is 10.1. The van der Waals surface area contributed by atoms with Gasteiger partial charge in [-0.3, -0.25) is 9.00 Å². The minimum Gasteiger partial charge on any atom is -0.349 e. The van der Waals surface area contributed by atoms with E-state index < -0.39 is 26.7 Å². The Balaban J connectivity index is 2.15. The lowest BCUT2D eigenvalue weighted by Gasteiger charge is -2.22. The van der Waals surface area contributed by atoms with Gasteiger partial charge in [0, 0.05) is 33.9 Å². The molecule has 9 heteroatoms. The number of hydrogen-bond acceptors (Lipinski definition) is 4. The number of nitrogens with one attached hydrogen (secondary N) is 1. The molecule has 21 heavy (non-hydrogen) atoms. The van der Waals surface area contributed by atoms with Crippen LogP contribution in [0.5, 0.6) is 0 Å². The fourth-order valence-corrected chi connectivity index (χ4v) is 4.44. The van der Waals surface area contributed by atoms with Gasteiger partial charge in [0.15, 0.2) is 0 Å². The molecular weight excluding hydrogens is 336 g/mol. The quantitative estimate of drug-likeness (QED) is 0.833. The first kappa shape index (κ1) is 16.4. The van der Waals surface area contributed by atoms with Crippen molar-refractivity contribution >= 4 is 38.3 Å². The monoisotopic (exact) mass is 350 g/mol. The molecule has 0 aliphatic carbocycles. The average Bonchev–Trinajstić information content (AvgIpc) is 2.40. The van der Waals surface area contributed by atoms with Gasteiger partial charge in [0.2, 0.25) is 10.0 Å². The Morgan fingerprint density at radius 2 is 1.95 bits per heavy atom. The number of sulfonamides is 1. The molecule has 1 amide bonds. The maximum Gasteiger partial charge on any atom is 0.251 e. The van der Waals surface area contributed by atoms with E-state index >= 15 is 0 Å². The number of hydrogen-bond donors (Lipinski definition) is 2. The summed E-state index contributed by atoms with van der Waals surface area (Å²) < 4.78 is 34.0. The van der Waals surface area contributed by atoms with Gasteiger partial charge < -0.3 is 5.32 Å². The molecule has 1 heterocycles. The molecule has 1 saturated heterocycles. The van der Waals surface area contributed by atoms with Crippen molar-refractivity contribution in [3.05, 3.63) is 28.8 Å². The van der Waals surface area contributed by atoms with Crippen molar-refractivity contribution in [2.45, 2.75) is 23.8 Å². The minimum atomic E-state index is -3.98. The van der Waals surface area contributed by atoms with Crippen LogP contribution in [0.2, 0.25) is 5.02 Å². The lowest BCUT2D eigenvalue weighted by Crippen LogP contribution is -2.39. The number of benzene rings is 1. The van der Waals surface area contributed by atoms with E-state index in [2.05, 4.69) is 5.32 Å². The van der Waals surface area contributed by atoms with Crippen molar-refractivity contribution in [3.63, 3.8) is 0 Å². The third kappa shape index (κ3) is 4.26. The third-order valence-corrected chi connectivity index (χ3v) is 6.00. The van der Waals surface area contributed by atoms with E-state index in [1.54, 1.807) is 0 Å². The van der Waals surface area contributed by atoms with Crippen molar-refractivity contribution in [3.8, 4) is 0 Å². The summed E-state index contributed by atoms with van der Waals surface area (Å²) in [6.45, 7) is 0. The van der Waals surface area contributed by atoms with Crippen LogP contribution in [0.25, 0.3) is 0 Å². The summed E-state index contributed by atoms with van der Waals surface area (Å²) in [7, 11) is -4.79. The zero-order chi connectivity index (χ0) is 15.6. The molecule has 1 aliphatic heterocycles. The van der Waals surface area contributed by atoms with Gasteiger partial charge in [-0.2, -0.15) is 0 Å². The highest BCUT2D eigenvalue weighted by atomic mass is 35.5. The number of carbonyl (C=O) groups is 1. The molecule has 1 aromatic rings. The lowest BCUT2D eigenvalue weighted by molar-refractivity contribution is 0.0934. The second-order valence-electron chi connectivity index (χ2n) is 4.79. The molecule has 1 aromatic carbocycles. The van der Waals surface area contributed by atoms with E-state index in [0.29, 0.717) is 24.3 Å². The summed E-state index contributed by atoms with van der Waals surface area (Å²) in [5.74, 6) is 0.733. The Labute approximate surface area is 130 Å². The smallest absolute Gasteiger partial charge is 0.251 e. The van der Waals surface area contributed by atoms with Crippen LogP contribution in [-0.4, -0.2) is 36.1 Å². The number of amides is 1. The number of carbonyl (C=O) groups excluding carboxylic acids is 1. The van der Waals surface area contributed by atoms with Gasteiger partial charge in [-0.15, -0.1) is 0 Å². The number of nitrogens with two attached hydrogens (primary N) is 1. The predicted octanol–water partition coefficient (Wildman–Crippen LogP) is 0.628. The Kier molecular flexibility index (Phi) is 5.03. The van der Waals surface area contributed by atoms with Crippen LogP contribution >= 0.6 is 11.6 Å². The van der Waals surface area contributed by atoms with Crippen LogP contribution in [0.1, 0.15) is 23.2 Å². The van der Waals surface area contributed by atoms with E-state index in [1.165, 1.54) is 12.1 Å². The van der Waals surface area contributed by atoms with Gasteiger partial charge in [-0.25, -0.2) is 13.6 Å². The number of rotatable bonds is 3. The zero-order valence-corrected chi connectivity index (χ0v) is 13.4. The average molecular weight is 351 g/mol. The Bertz CT molecular complexity index is 680. The van der Waals surface area contributed by atoms with Crippen molar-refractivity contribution in [1.82, 2.24) is 5.32 Å². The summed E-state index contributed by atoms with van der Waals surface area (Å²) >= 11 is 5.77. The topological polar surface area (TPSA) is 106 Å². The molecule has 0 radical (unpaired) electrons. The maximum absolute atomic E-state index is 12.1. The highest BCUT2D eigenvalue weighted by Crippen LogP contribution is 2.21. The highest BCUT2D eigenvalue weighted by molar-refractivity contribution is 7.89. The van der Waals surface area contributed by atoms with Gasteiger partial charge in [-0.1, -0.05) is 11.6 Å². The van der Waals surface area contributed by atoms with Crippen LogP contribution in [0, 0.1) is 0 Å². The fraction of sp³-hybridized carbons (Fsp3) is 0.417. The molecule has 3 N–H and O–H groups in total. The van der Waals surface area contributed by atoms with E-state index in [-0.39, 0.29) is 21.5 Å². The molecule has 0 atom stereocenters. The van der Waals surface area contributed by atoms with Crippen LogP contribution in [0.15, 0.2) is 23.1 Å². The first-order valence-corrected chi connectivity index (χ1v) is 9.67. The normalized spacial score (nSPS) is 22.8. The summed E-state index contributed by atoms with van der Waals surface area (Å²) in [5.41, 5.74) is 0.176. The van der Waals surface area contributed by atoms with Crippen LogP contribution < -0.4 is 10.5 Å². The maximum atomic E-state index is 12.1. The van der Waals surface area contributed by atoms with Gasteiger partial charge >= 0.3 is 0 Å². The zero-order valence-electron chi connectivity index (χ0n) is 11.0. The van der Waals surface area contributed by atoms with Crippen molar-refractivity contribution in [2.75, 3.05) is 11.5 Å². The summed E-state index contributed by atoms with van der Waals surface area (Å²) in [6, 6.07) is 3.87. The molecule has 0 spiro atoms. The first-order valence-electron chi connectivity index (χ1n) is 6.25. The van der Waals surface area contributed by atoms with E-state index in [0.717, 1.165) is 6.07 Å². The molecule has 2 rings (SSSR count). The molecule has 1 aliphatic rings. The molecular formula is C12H15ClN2O4S2. The van der Waals surface area contributed by atoms with Crippen LogP contribution in [0.3, 0.4) is 0 Å². The Morgan fingerprint density at radius 3 is 2.52 bits per heavy atom. The fourth-order valence-electron chi connectivity index (χ4n) is 2.07. The molecule has 0 saturated carbocycles. The van der Waals surface area contributed by atoms with Crippen molar-refractivity contribution < 1.29 is 17.4 Å². The van der Waals surface area contributed by atoms with E-state index in [4.69, 9.17) is 16.7 Å². The SMILES string of the molecule is NS(=O)(=O)c1cc(C(=O)NC2CCS(=O)CC2)ccc1Cl. The van der Waals surface area contributed by atoms with Gasteiger partial charge in [-0.05, 0) is 31.0 Å². The van der Waals surface area contributed by atoms with E-state index in [9.17, 15) is 17.4 Å². The second kappa shape index (κ2) is 6.43. The van der Waals surface area contributed by atoms with Crippen molar-refractivity contribution in [1.29, 1.82) is 0 Å². The summed E-state index contributed by atoms with van der Waals surface area (Å²) in [5, 5.41) is 7.82. The Hall–Kier alpha value is -0.960. The Morgan fingerprint density at radius 1 is 1.33 bits per heavy atom. The predicted molar refractivity (Wildman–Crippen MR) is 81.2 cm³/mol. The van der Waals surface area contributed by atoms with Crippen LogP contribution in [0.4, 0.5) is 0 Å². The van der Waals surface area contributed by atoms with Crippen molar-refractivity contribution in [2.24, 2.45) is 5.14 Å². The van der Waals surface area contributed by atoms with Gasteiger partial charge in [0.05, 0.1) is 5.02 Å². The number of primary sulfonamides is 1. The van der Waals surface area contributed by atoms with E-state index in [1.807, 2.05) is 0 Å². The largest absolute Gasteiger partial charge is 0.349 e. The van der Waals surface area contributed by atoms with Gasteiger partial charge in [0.25, 0.3) is 5.91 Å². The summed E-state index contributed by atoms with van der Waals surface area (Å²) in [4.78, 5) is 11.8. The standard InChI is InChI=1S/C12H15ClN2O4S2/c13-10-2-1-8(7-11(10)21(14,18)19)12(16)15-9-3-5-20(17)6-4-9/h1-2,7,9H,3-6H2,(H,15,16)(H2,14,18,19). The molecule has 116 valence electrons. The molecule has 0 aromatic heterocycles. The van der Waals surface area contributed by atoms with Gasteiger partial charge in [0.1, 0.15) is 4.90 Å². The number of halogens is 1. The summed E-state index contributed by atoms with van der Waals surface area (Å²) in [6.07, 6.45) is 1.29. The first-order chi connectivity index (χ1) is 9.77. The second-order valence-corrected chi connectivity index (χ2v) is 8.42. The molecule has 0 bridgehead atoms. The highest BCUT2D eigenvalue weighted by Gasteiger charge is 2.21. The minimum absolute atomic E-state index is 0.0258. The molecule has 1 fully saturated rings. The molecule has 6 nitrogen and oxygen atoms in total. The molecule has 0 unspecified atom stereocenters. The third-order valence-electron chi connectivity index (χ3n) is 3.22. The van der Waals surface area contributed by atoms with Crippen LogP contribution in [-0.2, 0) is 20.8 Å².